The van der Waals surface area contributed by atoms with Crippen molar-refractivity contribution in [1.82, 2.24) is 35.5 Å². The molecule has 0 aliphatic rings. The molecule has 2 aromatic carbocycles. The van der Waals surface area contributed by atoms with Crippen molar-refractivity contribution in [2.24, 2.45) is 0 Å². The normalized spacial score (nSPS) is 12.2. The molecule has 0 saturated carbocycles. The molecule has 1 amide bonds. The first-order valence-corrected chi connectivity index (χ1v) is 7.80. The van der Waals surface area contributed by atoms with E-state index in [1.165, 1.54) is 11.0 Å². The Kier molecular flexibility index (Phi) is 3.91. The number of carbonyl (C=O) groups is 1. The standard InChI is InChI=1S/C17H15N7O/c25-17(18-10-15-20-13-8-4-5-9-14(13)21-15)16(24-11-19-22-23-24)12-6-2-1-3-7-12/h1-9,11,16H,10H2,(H,18,25)(H,20,21)/t16-/m1/s1. The van der Waals surface area contributed by atoms with E-state index in [1.807, 2.05) is 54.6 Å². The van der Waals surface area contributed by atoms with Crippen LogP contribution in [0, 0.1) is 0 Å². The summed E-state index contributed by atoms with van der Waals surface area (Å²) in [7, 11) is 0. The van der Waals surface area contributed by atoms with E-state index in [-0.39, 0.29) is 5.91 Å². The van der Waals surface area contributed by atoms with E-state index in [4.69, 9.17) is 0 Å². The number of imidazole rings is 1. The summed E-state index contributed by atoms with van der Waals surface area (Å²) in [6.07, 6.45) is 1.43. The maximum Gasteiger partial charge on any atom is 0.249 e. The zero-order valence-electron chi connectivity index (χ0n) is 13.2. The minimum absolute atomic E-state index is 0.209. The predicted octanol–water partition coefficient (Wildman–Crippen LogP) is 1.46. The van der Waals surface area contributed by atoms with Gasteiger partial charge in [-0.2, -0.15) is 0 Å². The van der Waals surface area contributed by atoms with Gasteiger partial charge in [0.15, 0.2) is 6.04 Å². The third kappa shape index (κ3) is 3.09. The Morgan fingerprint density at radius 1 is 1.12 bits per heavy atom. The summed E-state index contributed by atoms with van der Waals surface area (Å²) in [4.78, 5) is 20.4. The highest BCUT2D eigenvalue weighted by atomic mass is 16.2. The third-order valence-corrected chi connectivity index (χ3v) is 3.86. The average molecular weight is 333 g/mol. The molecule has 0 fully saturated rings. The van der Waals surface area contributed by atoms with Crippen molar-refractivity contribution in [2.45, 2.75) is 12.6 Å². The Hall–Kier alpha value is -3.55. The largest absolute Gasteiger partial charge is 0.347 e. The molecule has 0 unspecified atom stereocenters. The second-order valence-corrected chi connectivity index (χ2v) is 5.52. The lowest BCUT2D eigenvalue weighted by atomic mass is 10.1. The van der Waals surface area contributed by atoms with E-state index in [2.05, 4.69) is 30.8 Å². The molecule has 8 heteroatoms. The van der Waals surface area contributed by atoms with Crippen LogP contribution in [0.1, 0.15) is 17.4 Å². The van der Waals surface area contributed by atoms with Crippen LogP contribution in [0.5, 0.6) is 0 Å². The van der Waals surface area contributed by atoms with Crippen molar-refractivity contribution in [3.8, 4) is 0 Å². The summed E-state index contributed by atoms with van der Waals surface area (Å²) in [5.74, 6) is 0.483. The molecule has 2 N–H and O–H groups in total. The van der Waals surface area contributed by atoms with Gasteiger partial charge < -0.3 is 10.3 Å². The lowest BCUT2D eigenvalue weighted by molar-refractivity contribution is -0.123. The number of aromatic nitrogens is 6. The van der Waals surface area contributed by atoms with Crippen molar-refractivity contribution < 1.29 is 4.79 Å². The van der Waals surface area contributed by atoms with Gasteiger partial charge in [0, 0.05) is 0 Å². The van der Waals surface area contributed by atoms with Gasteiger partial charge in [0.05, 0.1) is 17.6 Å². The number of fused-ring (bicyclic) bond motifs is 1. The first-order chi connectivity index (χ1) is 12.3. The van der Waals surface area contributed by atoms with Crippen LogP contribution in [-0.4, -0.2) is 36.1 Å². The fourth-order valence-electron chi connectivity index (χ4n) is 2.70. The first kappa shape index (κ1) is 15.0. The van der Waals surface area contributed by atoms with Crippen LogP contribution in [0.15, 0.2) is 60.9 Å². The highest BCUT2D eigenvalue weighted by molar-refractivity contribution is 5.83. The van der Waals surface area contributed by atoms with Crippen LogP contribution in [-0.2, 0) is 11.3 Å². The van der Waals surface area contributed by atoms with Gasteiger partial charge in [0.25, 0.3) is 0 Å². The number of benzene rings is 2. The maximum atomic E-state index is 12.8. The van der Waals surface area contributed by atoms with Gasteiger partial charge in [-0.3, -0.25) is 4.79 Å². The molecule has 25 heavy (non-hydrogen) atoms. The van der Waals surface area contributed by atoms with Gasteiger partial charge >= 0.3 is 0 Å². The molecule has 0 spiro atoms. The van der Waals surface area contributed by atoms with Crippen LogP contribution in [0.4, 0.5) is 0 Å². The second kappa shape index (κ2) is 6.52. The highest BCUT2D eigenvalue weighted by Crippen LogP contribution is 2.17. The van der Waals surface area contributed by atoms with Crippen LogP contribution >= 0.6 is 0 Å². The van der Waals surface area contributed by atoms with E-state index in [0.29, 0.717) is 12.4 Å². The molecule has 0 saturated heterocycles. The molecule has 2 heterocycles. The fraction of sp³-hybridized carbons (Fsp3) is 0.118. The molecular formula is C17H15N7O. The molecular weight excluding hydrogens is 318 g/mol. The summed E-state index contributed by atoms with van der Waals surface area (Å²) >= 11 is 0. The Bertz CT molecular complexity index is 946. The van der Waals surface area contributed by atoms with Gasteiger partial charge in [0.2, 0.25) is 5.91 Å². The molecule has 0 bridgehead atoms. The van der Waals surface area contributed by atoms with Crippen molar-refractivity contribution >= 4 is 16.9 Å². The Morgan fingerprint density at radius 2 is 1.92 bits per heavy atom. The number of amides is 1. The summed E-state index contributed by atoms with van der Waals surface area (Å²) < 4.78 is 1.43. The summed E-state index contributed by atoms with van der Waals surface area (Å²) in [5.41, 5.74) is 2.61. The van der Waals surface area contributed by atoms with Gasteiger partial charge in [-0.05, 0) is 28.1 Å². The maximum absolute atomic E-state index is 12.8. The zero-order chi connectivity index (χ0) is 17.1. The molecule has 2 aromatic heterocycles. The molecule has 0 aliphatic heterocycles. The second-order valence-electron chi connectivity index (χ2n) is 5.52. The number of nitrogens with zero attached hydrogens (tertiary/aromatic N) is 5. The molecule has 0 radical (unpaired) electrons. The number of aromatic amines is 1. The van der Waals surface area contributed by atoms with Crippen molar-refractivity contribution in [2.75, 3.05) is 0 Å². The van der Waals surface area contributed by atoms with Gasteiger partial charge in [-0.1, -0.05) is 42.5 Å². The molecule has 124 valence electrons. The van der Waals surface area contributed by atoms with E-state index in [9.17, 15) is 4.79 Å². The highest BCUT2D eigenvalue weighted by Gasteiger charge is 2.23. The van der Waals surface area contributed by atoms with Crippen molar-refractivity contribution in [3.05, 3.63) is 72.3 Å². The minimum Gasteiger partial charge on any atom is -0.347 e. The minimum atomic E-state index is -0.638. The number of rotatable bonds is 5. The molecule has 8 nitrogen and oxygen atoms in total. The third-order valence-electron chi connectivity index (χ3n) is 3.86. The lowest BCUT2D eigenvalue weighted by Crippen LogP contribution is -2.33. The van der Waals surface area contributed by atoms with Gasteiger partial charge in [-0.15, -0.1) is 5.10 Å². The molecule has 0 aliphatic carbocycles. The number of hydrogen-bond donors (Lipinski definition) is 2. The number of hydrogen-bond acceptors (Lipinski definition) is 5. The summed E-state index contributed by atoms with van der Waals surface area (Å²) in [6, 6.07) is 16.5. The fourth-order valence-corrected chi connectivity index (χ4v) is 2.70. The van der Waals surface area contributed by atoms with E-state index >= 15 is 0 Å². The van der Waals surface area contributed by atoms with Gasteiger partial charge in [-0.25, -0.2) is 9.67 Å². The van der Waals surface area contributed by atoms with E-state index in [0.717, 1.165) is 16.6 Å². The Labute approximate surface area is 142 Å². The Morgan fingerprint density at radius 3 is 2.68 bits per heavy atom. The SMILES string of the molecule is O=C(NCc1nc2ccccc2[nH]1)[C@@H](c1ccccc1)n1cnnn1. The number of carbonyl (C=O) groups excluding carboxylic acids is 1. The monoisotopic (exact) mass is 333 g/mol. The topological polar surface area (TPSA) is 101 Å². The zero-order valence-corrected chi connectivity index (χ0v) is 13.2. The first-order valence-electron chi connectivity index (χ1n) is 7.80. The number of para-hydroxylation sites is 2. The molecule has 1 atom stereocenters. The van der Waals surface area contributed by atoms with Crippen LogP contribution < -0.4 is 5.32 Å². The van der Waals surface area contributed by atoms with Crippen LogP contribution in [0.2, 0.25) is 0 Å². The van der Waals surface area contributed by atoms with Gasteiger partial charge in [0.1, 0.15) is 12.2 Å². The van der Waals surface area contributed by atoms with Crippen molar-refractivity contribution in [3.63, 3.8) is 0 Å². The number of H-pyrrole nitrogens is 1. The van der Waals surface area contributed by atoms with E-state index < -0.39 is 6.04 Å². The van der Waals surface area contributed by atoms with Crippen LogP contribution in [0.3, 0.4) is 0 Å². The lowest BCUT2D eigenvalue weighted by Gasteiger charge is -2.16. The van der Waals surface area contributed by atoms with Crippen LogP contribution in [0.25, 0.3) is 11.0 Å². The predicted molar refractivity (Wildman–Crippen MR) is 90.3 cm³/mol. The quantitative estimate of drug-likeness (QED) is 0.576. The summed E-state index contributed by atoms with van der Waals surface area (Å²) in [5, 5.41) is 14.0. The Balaban J connectivity index is 1.54. The van der Waals surface area contributed by atoms with Crippen molar-refractivity contribution in [1.29, 1.82) is 0 Å². The molecule has 4 rings (SSSR count). The smallest absolute Gasteiger partial charge is 0.249 e. The molecule has 4 aromatic rings. The van der Waals surface area contributed by atoms with E-state index in [1.54, 1.807) is 0 Å². The number of nitrogens with one attached hydrogen (secondary N) is 2. The summed E-state index contributed by atoms with van der Waals surface area (Å²) in [6.45, 7) is 0.291. The number of tetrazole rings is 1. The average Bonchev–Trinajstić information content (AvgIpc) is 3.30.